The maximum Gasteiger partial charge on any atom is 0.132 e. The maximum atomic E-state index is 9.97. The van der Waals surface area contributed by atoms with Crippen molar-refractivity contribution < 1.29 is 0 Å². The average molecular weight is 138 g/mol. The molecule has 0 aliphatic heterocycles. The van der Waals surface area contributed by atoms with Crippen LogP contribution in [0.15, 0.2) is 33.9 Å². The lowest BCUT2D eigenvalue weighted by atomic mass is 10.1. The number of rotatable bonds is 2. The highest BCUT2D eigenvalue weighted by Gasteiger charge is 2.08. The Balaban J connectivity index is 2.86. The van der Waals surface area contributed by atoms with Gasteiger partial charge < -0.3 is 0 Å². The molecule has 0 unspecified atom stereocenters. The fraction of sp³-hybridized carbons (Fsp3) is 0.333. The van der Waals surface area contributed by atoms with Crippen molar-refractivity contribution in [3.05, 3.63) is 33.4 Å². The van der Waals surface area contributed by atoms with Crippen molar-refractivity contribution in [3.8, 4) is 0 Å². The molecule has 0 saturated carbocycles. The molecule has 0 N–H and O–H groups in total. The van der Waals surface area contributed by atoms with Crippen LogP contribution in [-0.2, 0) is 0 Å². The van der Waals surface area contributed by atoms with Gasteiger partial charge in [0, 0.05) is 0 Å². The summed E-state index contributed by atoms with van der Waals surface area (Å²) in [4.78, 5) is 19.9. The summed E-state index contributed by atoms with van der Waals surface area (Å²) in [6.45, 7) is 0. The highest BCUT2D eigenvalue weighted by molar-refractivity contribution is 5.31. The van der Waals surface area contributed by atoms with Crippen LogP contribution in [0.2, 0.25) is 0 Å². The van der Waals surface area contributed by atoms with E-state index in [4.69, 9.17) is 0 Å². The van der Waals surface area contributed by atoms with Crippen LogP contribution in [0.3, 0.4) is 0 Å². The molecule has 0 fully saturated rings. The Morgan fingerprint density at radius 3 is 1.70 bits per heavy atom. The van der Waals surface area contributed by atoms with Crippen molar-refractivity contribution in [1.29, 1.82) is 0 Å². The molecule has 10 heavy (non-hydrogen) atoms. The Morgan fingerprint density at radius 1 is 1.00 bits per heavy atom. The van der Waals surface area contributed by atoms with E-state index in [1.54, 1.807) is 12.2 Å². The number of nitroso groups, excluding NO2 is 2. The highest BCUT2D eigenvalue weighted by atomic mass is 16.3. The van der Waals surface area contributed by atoms with E-state index in [0.29, 0.717) is 0 Å². The average Bonchev–Trinajstić information content (AvgIpc) is 2.04. The van der Waals surface area contributed by atoms with Gasteiger partial charge in [-0.05, 0) is 23.2 Å². The Bertz CT molecular complexity index is 194. The first-order chi connectivity index (χ1) is 4.88. The predicted octanol–water partition coefficient (Wildman–Crippen LogP) is 2.08. The molecular formula is C6H6N2O2. The predicted molar refractivity (Wildman–Crippen MR) is 37.0 cm³/mol. The molecule has 0 atom stereocenters. The number of allylic oxidation sites excluding steroid dienone is 2. The lowest BCUT2D eigenvalue weighted by Crippen LogP contribution is -1.88. The Labute approximate surface area is 57.6 Å². The smallest absolute Gasteiger partial charge is 0.132 e. The Morgan fingerprint density at radius 2 is 1.40 bits per heavy atom. The standard InChI is InChI=1S/C6H6N2O2/c9-7-5-3-1-2-4-6(5)8-10/h3-4H,1-2H2. The van der Waals surface area contributed by atoms with Gasteiger partial charge in [-0.1, -0.05) is 12.2 Å². The first-order valence-electron chi connectivity index (χ1n) is 2.96. The van der Waals surface area contributed by atoms with Crippen molar-refractivity contribution in [1.82, 2.24) is 0 Å². The van der Waals surface area contributed by atoms with Crippen molar-refractivity contribution in [3.63, 3.8) is 0 Å². The third-order valence-corrected chi connectivity index (χ3v) is 1.30. The zero-order valence-electron chi connectivity index (χ0n) is 5.28. The molecule has 0 amide bonds. The third-order valence-electron chi connectivity index (χ3n) is 1.30. The van der Waals surface area contributed by atoms with E-state index in [2.05, 4.69) is 10.4 Å². The molecule has 4 nitrogen and oxygen atoms in total. The van der Waals surface area contributed by atoms with Gasteiger partial charge in [0.1, 0.15) is 11.4 Å². The van der Waals surface area contributed by atoms with E-state index in [1.807, 2.05) is 0 Å². The normalized spacial score (nSPS) is 17.2. The van der Waals surface area contributed by atoms with Crippen molar-refractivity contribution in [2.45, 2.75) is 12.8 Å². The van der Waals surface area contributed by atoms with Gasteiger partial charge in [0.25, 0.3) is 0 Å². The minimum atomic E-state index is 0.168. The van der Waals surface area contributed by atoms with Crippen LogP contribution in [0, 0.1) is 9.81 Å². The van der Waals surface area contributed by atoms with Gasteiger partial charge in [0.05, 0.1) is 0 Å². The van der Waals surface area contributed by atoms with Gasteiger partial charge in [-0.3, -0.25) is 0 Å². The van der Waals surface area contributed by atoms with Gasteiger partial charge in [-0.15, -0.1) is 9.81 Å². The molecule has 4 heteroatoms. The summed E-state index contributed by atoms with van der Waals surface area (Å²) in [5.74, 6) is 0. The van der Waals surface area contributed by atoms with E-state index < -0.39 is 0 Å². The lowest BCUT2D eigenvalue weighted by Gasteiger charge is -2.00. The highest BCUT2D eigenvalue weighted by Crippen LogP contribution is 2.19. The number of nitrogens with zero attached hydrogens (tertiary/aromatic N) is 2. The molecular weight excluding hydrogens is 132 g/mol. The summed E-state index contributed by atoms with van der Waals surface area (Å²) in [7, 11) is 0. The van der Waals surface area contributed by atoms with Crippen LogP contribution >= 0.6 is 0 Å². The zero-order chi connectivity index (χ0) is 7.40. The van der Waals surface area contributed by atoms with Gasteiger partial charge in [-0.2, -0.15) is 0 Å². The Hall–Kier alpha value is -1.32. The quantitative estimate of drug-likeness (QED) is 0.548. The fourth-order valence-corrected chi connectivity index (χ4v) is 0.817. The second kappa shape index (κ2) is 3.00. The summed E-state index contributed by atoms with van der Waals surface area (Å²) in [5.41, 5.74) is 0.336. The van der Waals surface area contributed by atoms with Gasteiger partial charge in [-0.25, -0.2) is 0 Å². The van der Waals surface area contributed by atoms with E-state index in [9.17, 15) is 9.81 Å². The molecule has 0 aromatic heterocycles. The van der Waals surface area contributed by atoms with Crippen molar-refractivity contribution >= 4 is 0 Å². The molecule has 0 saturated heterocycles. The van der Waals surface area contributed by atoms with Crippen LogP contribution in [0.5, 0.6) is 0 Å². The van der Waals surface area contributed by atoms with Crippen LogP contribution in [0.25, 0.3) is 0 Å². The summed E-state index contributed by atoms with van der Waals surface area (Å²) in [6, 6.07) is 0. The first kappa shape index (κ1) is 6.80. The minimum Gasteiger partial charge on any atom is -0.145 e. The minimum absolute atomic E-state index is 0.168. The van der Waals surface area contributed by atoms with Crippen LogP contribution in [0.4, 0.5) is 0 Å². The molecule has 1 aliphatic rings. The maximum absolute atomic E-state index is 9.97. The monoisotopic (exact) mass is 138 g/mol. The number of hydrogen-bond donors (Lipinski definition) is 0. The van der Waals surface area contributed by atoms with Crippen LogP contribution in [-0.4, -0.2) is 0 Å². The second-order valence-electron chi connectivity index (χ2n) is 1.94. The lowest BCUT2D eigenvalue weighted by molar-refractivity contribution is 0.970. The largest absolute Gasteiger partial charge is 0.145 e. The van der Waals surface area contributed by atoms with E-state index in [-0.39, 0.29) is 11.4 Å². The summed E-state index contributed by atoms with van der Waals surface area (Å²) >= 11 is 0. The molecule has 0 radical (unpaired) electrons. The van der Waals surface area contributed by atoms with E-state index in [0.717, 1.165) is 12.8 Å². The Kier molecular flexibility index (Phi) is 2.04. The summed E-state index contributed by atoms with van der Waals surface area (Å²) < 4.78 is 0. The zero-order valence-corrected chi connectivity index (χ0v) is 5.28. The SMILES string of the molecule is O=NC1=CCCC=C1N=O. The topological polar surface area (TPSA) is 58.9 Å². The van der Waals surface area contributed by atoms with E-state index >= 15 is 0 Å². The van der Waals surface area contributed by atoms with Crippen molar-refractivity contribution in [2.24, 2.45) is 10.4 Å². The van der Waals surface area contributed by atoms with Crippen LogP contribution < -0.4 is 0 Å². The van der Waals surface area contributed by atoms with Crippen LogP contribution in [0.1, 0.15) is 12.8 Å². The fourth-order valence-electron chi connectivity index (χ4n) is 0.817. The molecule has 1 rings (SSSR count). The van der Waals surface area contributed by atoms with Gasteiger partial charge >= 0.3 is 0 Å². The summed E-state index contributed by atoms with van der Waals surface area (Å²) in [5, 5.41) is 5.30. The second-order valence-corrected chi connectivity index (χ2v) is 1.94. The third kappa shape index (κ3) is 1.15. The molecule has 0 aromatic rings. The molecule has 0 spiro atoms. The number of hydrogen-bond acceptors (Lipinski definition) is 4. The van der Waals surface area contributed by atoms with Crippen molar-refractivity contribution in [2.75, 3.05) is 0 Å². The molecule has 52 valence electrons. The first-order valence-corrected chi connectivity index (χ1v) is 2.96. The summed E-state index contributed by atoms with van der Waals surface area (Å²) in [6.07, 6.45) is 4.76. The molecule has 0 aromatic carbocycles. The van der Waals surface area contributed by atoms with Gasteiger partial charge in [0.2, 0.25) is 0 Å². The van der Waals surface area contributed by atoms with E-state index in [1.165, 1.54) is 0 Å². The molecule has 0 heterocycles. The molecule has 0 bridgehead atoms. The van der Waals surface area contributed by atoms with Gasteiger partial charge in [0.15, 0.2) is 0 Å². The molecule has 1 aliphatic carbocycles.